The van der Waals surface area contributed by atoms with E-state index in [-0.39, 0.29) is 12.2 Å². The highest BCUT2D eigenvalue weighted by atomic mass is 79.9. The van der Waals surface area contributed by atoms with Gasteiger partial charge in [0.15, 0.2) is 0 Å². The SMILES string of the molecule is CNC1CC(Oc2cc(Br)c(OC)cc2Br)C1OC. The van der Waals surface area contributed by atoms with E-state index >= 15 is 0 Å². The van der Waals surface area contributed by atoms with E-state index in [9.17, 15) is 0 Å². The van der Waals surface area contributed by atoms with Gasteiger partial charge >= 0.3 is 0 Å². The molecule has 1 N–H and O–H groups in total. The fraction of sp³-hybridized carbons (Fsp3) is 0.538. The highest BCUT2D eigenvalue weighted by Crippen LogP contribution is 2.38. The Bertz CT molecular complexity index is 456. The third-order valence-corrected chi connectivity index (χ3v) is 4.62. The lowest BCUT2D eigenvalue weighted by atomic mass is 9.85. The molecule has 3 unspecified atom stereocenters. The molecule has 1 fully saturated rings. The van der Waals surface area contributed by atoms with Crippen LogP contribution in [0.3, 0.4) is 0 Å². The molecule has 1 aromatic carbocycles. The lowest BCUT2D eigenvalue weighted by molar-refractivity contribution is -0.0872. The number of methoxy groups -OCH3 is 2. The molecule has 3 atom stereocenters. The average molecular weight is 395 g/mol. The molecule has 0 amide bonds. The average Bonchev–Trinajstić information content (AvgIpc) is 2.37. The van der Waals surface area contributed by atoms with E-state index in [4.69, 9.17) is 14.2 Å². The maximum Gasteiger partial charge on any atom is 0.135 e. The molecule has 0 radical (unpaired) electrons. The summed E-state index contributed by atoms with van der Waals surface area (Å²) >= 11 is 6.96. The number of hydrogen-bond acceptors (Lipinski definition) is 4. The van der Waals surface area contributed by atoms with Crippen molar-refractivity contribution < 1.29 is 14.2 Å². The van der Waals surface area contributed by atoms with Crippen molar-refractivity contribution in [3.05, 3.63) is 21.1 Å². The molecule has 1 aliphatic carbocycles. The Morgan fingerprint density at radius 3 is 2.37 bits per heavy atom. The summed E-state index contributed by atoms with van der Waals surface area (Å²) < 4.78 is 18.4. The van der Waals surface area contributed by atoms with E-state index < -0.39 is 0 Å². The van der Waals surface area contributed by atoms with Gasteiger partial charge in [-0.1, -0.05) is 0 Å². The first-order valence-corrected chi connectivity index (χ1v) is 7.59. The van der Waals surface area contributed by atoms with E-state index in [0.717, 1.165) is 26.9 Å². The summed E-state index contributed by atoms with van der Waals surface area (Å²) in [4.78, 5) is 0. The summed E-state index contributed by atoms with van der Waals surface area (Å²) in [6.07, 6.45) is 1.09. The van der Waals surface area contributed by atoms with Crippen LogP contribution in [-0.4, -0.2) is 39.5 Å². The lowest BCUT2D eigenvalue weighted by Gasteiger charge is -2.43. The molecule has 1 aromatic rings. The van der Waals surface area contributed by atoms with Crippen molar-refractivity contribution in [2.45, 2.75) is 24.7 Å². The number of nitrogens with one attached hydrogen (secondary N) is 1. The van der Waals surface area contributed by atoms with Gasteiger partial charge in [0.2, 0.25) is 0 Å². The summed E-state index contributed by atoms with van der Waals surface area (Å²) in [7, 11) is 5.29. The van der Waals surface area contributed by atoms with Crippen LogP contribution in [0.25, 0.3) is 0 Å². The smallest absolute Gasteiger partial charge is 0.135 e. The van der Waals surface area contributed by atoms with Crippen LogP contribution in [0.15, 0.2) is 21.1 Å². The Morgan fingerprint density at radius 1 is 1.16 bits per heavy atom. The van der Waals surface area contributed by atoms with Crippen molar-refractivity contribution in [1.82, 2.24) is 5.32 Å². The zero-order chi connectivity index (χ0) is 14.0. The predicted molar refractivity (Wildman–Crippen MR) is 81.1 cm³/mol. The third kappa shape index (κ3) is 3.07. The Labute approximate surface area is 130 Å². The number of rotatable bonds is 5. The summed E-state index contributed by atoms with van der Waals surface area (Å²) in [5, 5.41) is 3.22. The predicted octanol–water partition coefficient (Wildman–Crippen LogP) is 2.97. The Kier molecular flexibility index (Phi) is 5.11. The van der Waals surface area contributed by atoms with Crippen LogP contribution < -0.4 is 14.8 Å². The molecule has 1 aliphatic rings. The fourth-order valence-electron chi connectivity index (χ4n) is 2.22. The van der Waals surface area contributed by atoms with E-state index in [1.165, 1.54) is 0 Å². The van der Waals surface area contributed by atoms with Gasteiger partial charge in [-0.15, -0.1) is 0 Å². The summed E-state index contributed by atoms with van der Waals surface area (Å²) in [6.45, 7) is 0. The lowest BCUT2D eigenvalue weighted by Crippen LogP contribution is -2.60. The summed E-state index contributed by atoms with van der Waals surface area (Å²) in [5.41, 5.74) is 0. The first kappa shape index (κ1) is 15.1. The van der Waals surface area contributed by atoms with Gasteiger partial charge in [-0.3, -0.25) is 0 Å². The molecule has 6 heteroatoms. The first-order valence-electron chi connectivity index (χ1n) is 6.00. The number of hydrogen-bond donors (Lipinski definition) is 1. The maximum absolute atomic E-state index is 6.00. The van der Waals surface area contributed by atoms with Crippen LogP contribution in [0.5, 0.6) is 11.5 Å². The first-order chi connectivity index (χ1) is 9.10. The van der Waals surface area contributed by atoms with Gasteiger partial charge in [0, 0.05) is 19.6 Å². The minimum atomic E-state index is 0.0686. The second-order valence-electron chi connectivity index (χ2n) is 4.40. The van der Waals surface area contributed by atoms with Crippen LogP contribution in [0.1, 0.15) is 6.42 Å². The topological polar surface area (TPSA) is 39.7 Å². The fourth-order valence-corrected chi connectivity index (χ4v) is 3.12. The van der Waals surface area contributed by atoms with Crippen molar-refractivity contribution in [1.29, 1.82) is 0 Å². The molecule has 1 saturated carbocycles. The molecule has 106 valence electrons. The van der Waals surface area contributed by atoms with E-state index in [1.807, 2.05) is 19.2 Å². The Balaban J connectivity index is 2.10. The van der Waals surface area contributed by atoms with Gasteiger partial charge < -0.3 is 19.5 Å². The van der Waals surface area contributed by atoms with Crippen molar-refractivity contribution in [3.8, 4) is 11.5 Å². The number of halogens is 2. The molecule has 0 aromatic heterocycles. The van der Waals surface area contributed by atoms with Gasteiger partial charge in [0.1, 0.15) is 23.7 Å². The third-order valence-electron chi connectivity index (χ3n) is 3.38. The largest absolute Gasteiger partial charge is 0.496 e. The molecule has 0 spiro atoms. The molecule has 2 rings (SSSR count). The van der Waals surface area contributed by atoms with Crippen molar-refractivity contribution in [2.75, 3.05) is 21.3 Å². The van der Waals surface area contributed by atoms with Crippen LogP contribution in [-0.2, 0) is 4.74 Å². The van der Waals surface area contributed by atoms with E-state index in [2.05, 4.69) is 37.2 Å². The molecule has 0 aliphatic heterocycles. The van der Waals surface area contributed by atoms with Crippen LogP contribution in [0.4, 0.5) is 0 Å². The Hall–Kier alpha value is -0.300. The quantitative estimate of drug-likeness (QED) is 0.833. The number of likely N-dealkylation sites (N-methyl/N-ethyl adjacent to an activating group) is 1. The number of ether oxygens (including phenoxy) is 3. The minimum absolute atomic E-state index is 0.0686. The van der Waals surface area contributed by atoms with Gasteiger partial charge in [0.05, 0.1) is 16.1 Å². The van der Waals surface area contributed by atoms with Crippen LogP contribution in [0.2, 0.25) is 0 Å². The van der Waals surface area contributed by atoms with Crippen LogP contribution in [0, 0.1) is 0 Å². The normalized spacial score (nSPS) is 25.8. The zero-order valence-electron chi connectivity index (χ0n) is 11.1. The van der Waals surface area contributed by atoms with Crippen LogP contribution >= 0.6 is 31.9 Å². The van der Waals surface area contributed by atoms with Crippen molar-refractivity contribution >= 4 is 31.9 Å². The zero-order valence-corrected chi connectivity index (χ0v) is 14.2. The van der Waals surface area contributed by atoms with Gasteiger partial charge in [0.25, 0.3) is 0 Å². The minimum Gasteiger partial charge on any atom is -0.496 e. The molecule has 0 bridgehead atoms. The Morgan fingerprint density at radius 2 is 1.79 bits per heavy atom. The molecular weight excluding hydrogens is 378 g/mol. The second-order valence-corrected chi connectivity index (χ2v) is 6.11. The van der Waals surface area contributed by atoms with Crippen molar-refractivity contribution in [3.63, 3.8) is 0 Å². The summed E-state index contributed by atoms with van der Waals surface area (Å²) in [6, 6.07) is 4.15. The standard InChI is InChI=1S/C13H17Br2NO3/c1-16-9-6-12(13(9)18-3)19-11-5-7(14)10(17-2)4-8(11)15/h4-5,9,12-13,16H,6H2,1-3H3. The maximum atomic E-state index is 6.00. The van der Waals surface area contributed by atoms with E-state index in [0.29, 0.717) is 6.04 Å². The molecule has 19 heavy (non-hydrogen) atoms. The van der Waals surface area contributed by atoms with Gasteiger partial charge in [-0.05, 0) is 51.0 Å². The van der Waals surface area contributed by atoms with Crippen molar-refractivity contribution in [2.24, 2.45) is 0 Å². The highest BCUT2D eigenvalue weighted by Gasteiger charge is 2.42. The highest BCUT2D eigenvalue weighted by molar-refractivity contribution is 9.11. The van der Waals surface area contributed by atoms with Gasteiger partial charge in [-0.25, -0.2) is 0 Å². The monoisotopic (exact) mass is 393 g/mol. The van der Waals surface area contributed by atoms with Gasteiger partial charge in [-0.2, -0.15) is 0 Å². The summed E-state index contributed by atoms with van der Waals surface area (Å²) in [5.74, 6) is 1.55. The second kappa shape index (κ2) is 6.43. The molecule has 0 saturated heterocycles. The number of benzene rings is 1. The molecular formula is C13H17Br2NO3. The molecule has 4 nitrogen and oxygen atoms in total. The van der Waals surface area contributed by atoms with E-state index in [1.54, 1.807) is 14.2 Å². The molecule has 0 heterocycles.